The highest BCUT2D eigenvalue weighted by Crippen LogP contribution is 2.32. The molecule has 4 rings (SSSR count). The van der Waals surface area contributed by atoms with Crippen molar-refractivity contribution in [2.75, 3.05) is 25.2 Å². The number of benzene rings is 1. The van der Waals surface area contributed by atoms with Crippen LogP contribution in [0.4, 0.5) is 5.82 Å². The fourth-order valence-corrected chi connectivity index (χ4v) is 4.03. The number of esters is 1. The Labute approximate surface area is 181 Å². The Hall–Kier alpha value is -2.97. The lowest BCUT2D eigenvalue weighted by Crippen LogP contribution is -2.47. The number of H-pyrrole nitrogens is 1. The lowest BCUT2D eigenvalue weighted by molar-refractivity contribution is -0.147. The third-order valence-corrected chi connectivity index (χ3v) is 5.83. The number of anilines is 1. The van der Waals surface area contributed by atoms with Gasteiger partial charge >= 0.3 is 5.97 Å². The third kappa shape index (κ3) is 4.26. The van der Waals surface area contributed by atoms with E-state index in [9.17, 15) is 9.90 Å². The average molecular weight is 424 g/mol. The second-order valence-corrected chi connectivity index (χ2v) is 8.44. The molecule has 0 spiro atoms. The zero-order valence-electron chi connectivity index (χ0n) is 18.2. The molecule has 31 heavy (non-hydrogen) atoms. The average Bonchev–Trinajstić information content (AvgIpc) is 3.43. The van der Waals surface area contributed by atoms with Crippen LogP contribution in [0.25, 0.3) is 22.4 Å². The molecule has 1 aliphatic rings. The van der Waals surface area contributed by atoms with Crippen molar-refractivity contribution in [3.05, 3.63) is 42.1 Å². The van der Waals surface area contributed by atoms with Crippen LogP contribution in [0.15, 0.2) is 36.4 Å². The summed E-state index contributed by atoms with van der Waals surface area (Å²) in [6.07, 6.45) is 1.96. The molecule has 2 aromatic heterocycles. The number of aliphatic hydroxyl groups is 1. The number of methoxy groups -OCH3 is 1. The first-order valence-corrected chi connectivity index (χ1v) is 10.6. The summed E-state index contributed by atoms with van der Waals surface area (Å²) in [5.74, 6) is 1.15. The molecule has 0 saturated carbocycles. The van der Waals surface area contributed by atoms with Crippen molar-refractivity contribution < 1.29 is 14.6 Å². The van der Waals surface area contributed by atoms with Crippen LogP contribution in [0, 0.1) is 0 Å². The van der Waals surface area contributed by atoms with Crippen LogP contribution in [0.3, 0.4) is 0 Å². The summed E-state index contributed by atoms with van der Waals surface area (Å²) < 4.78 is 4.87. The van der Waals surface area contributed by atoms with Crippen LogP contribution in [0.5, 0.6) is 0 Å². The highest BCUT2D eigenvalue weighted by atomic mass is 16.5. The second kappa shape index (κ2) is 8.64. The maximum atomic E-state index is 12.0. The normalized spacial score (nSPS) is 16.8. The van der Waals surface area contributed by atoms with Gasteiger partial charge in [0.2, 0.25) is 0 Å². The summed E-state index contributed by atoms with van der Waals surface area (Å²) in [4.78, 5) is 27.2. The SMILES string of the molecule is COC(=O)C(C)(C)NCc1cc2c(N3CCC[C@@H]3CO)nc(-c3ccccc3)nc2[nH]1. The van der Waals surface area contributed by atoms with E-state index in [1.807, 2.05) is 36.4 Å². The molecule has 0 bridgehead atoms. The largest absolute Gasteiger partial charge is 0.468 e. The van der Waals surface area contributed by atoms with Gasteiger partial charge in [0.05, 0.1) is 25.1 Å². The molecular weight excluding hydrogens is 394 g/mol. The first-order chi connectivity index (χ1) is 14.9. The highest BCUT2D eigenvalue weighted by molar-refractivity contribution is 5.90. The number of nitrogens with one attached hydrogen (secondary N) is 2. The predicted octanol–water partition coefficient (Wildman–Crippen LogP) is 2.63. The Balaban J connectivity index is 1.74. The molecule has 8 heteroatoms. The Morgan fingerprint density at radius 3 is 2.81 bits per heavy atom. The smallest absolute Gasteiger partial charge is 0.325 e. The molecule has 3 N–H and O–H groups in total. The quantitative estimate of drug-likeness (QED) is 0.502. The van der Waals surface area contributed by atoms with Crippen LogP contribution < -0.4 is 10.2 Å². The van der Waals surface area contributed by atoms with Gasteiger partial charge in [0.25, 0.3) is 0 Å². The molecule has 3 aromatic rings. The van der Waals surface area contributed by atoms with Crippen LogP contribution in [0.1, 0.15) is 32.4 Å². The topological polar surface area (TPSA) is 103 Å². The van der Waals surface area contributed by atoms with E-state index in [2.05, 4.69) is 15.2 Å². The van der Waals surface area contributed by atoms with Crippen molar-refractivity contribution in [3.8, 4) is 11.4 Å². The van der Waals surface area contributed by atoms with Gasteiger partial charge in [-0.1, -0.05) is 30.3 Å². The van der Waals surface area contributed by atoms with E-state index in [0.29, 0.717) is 12.4 Å². The van der Waals surface area contributed by atoms with Gasteiger partial charge in [-0.2, -0.15) is 0 Å². The van der Waals surface area contributed by atoms with E-state index in [-0.39, 0.29) is 18.6 Å². The number of hydrogen-bond donors (Lipinski definition) is 3. The van der Waals surface area contributed by atoms with Gasteiger partial charge in [-0.25, -0.2) is 9.97 Å². The number of hydrogen-bond acceptors (Lipinski definition) is 7. The van der Waals surface area contributed by atoms with Gasteiger partial charge in [-0.15, -0.1) is 0 Å². The van der Waals surface area contributed by atoms with Gasteiger partial charge in [0.15, 0.2) is 5.82 Å². The Bertz CT molecular complexity index is 1060. The Morgan fingerprint density at radius 1 is 1.32 bits per heavy atom. The first kappa shape index (κ1) is 21.3. The molecule has 0 aliphatic carbocycles. The van der Waals surface area contributed by atoms with E-state index >= 15 is 0 Å². The fourth-order valence-electron chi connectivity index (χ4n) is 4.03. The van der Waals surface area contributed by atoms with E-state index in [0.717, 1.165) is 47.5 Å². The maximum absolute atomic E-state index is 12.0. The number of fused-ring (bicyclic) bond motifs is 1. The summed E-state index contributed by atoms with van der Waals surface area (Å²) >= 11 is 0. The summed E-state index contributed by atoms with van der Waals surface area (Å²) in [6, 6.07) is 11.9. The van der Waals surface area contributed by atoms with Gasteiger partial charge in [-0.3, -0.25) is 10.1 Å². The van der Waals surface area contributed by atoms with Crippen molar-refractivity contribution in [2.24, 2.45) is 0 Å². The number of rotatable bonds is 7. The third-order valence-electron chi connectivity index (χ3n) is 5.83. The van der Waals surface area contributed by atoms with E-state index in [4.69, 9.17) is 14.7 Å². The zero-order chi connectivity index (χ0) is 22.0. The van der Waals surface area contributed by atoms with Gasteiger partial charge in [-0.05, 0) is 32.8 Å². The summed E-state index contributed by atoms with van der Waals surface area (Å²) in [5, 5.41) is 14.0. The molecule has 0 unspecified atom stereocenters. The lowest BCUT2D eigenvalue weighted by Gasteiger charge is -2.25. The second-order valence-electron chi connectivity index (χ2n) is 8.44. The lowest BCUT2D eigenvalue weighted by atomic mass is 10.1. The van der Waals surface area contributed by atoms with E-state index in [1.165, 1.54) is 7.11 Å². The number of aromatic amines is 1. The number of carbonyl (C=O) groups excluding carboxylic acids is 1. The molecule has 3 heterocycles. The summed E-state index contributed by atoms with van der Waals surface area (Å²) in [6.45, 7) is 4.96. The number of ether oxygens (including phenoxy) is 1. The zero-order valence-corrected chi connectivity index (χ0v) is 18.2. The minimum atomic E-state index is -0.813. The first-order valence-electron chi connectivity index (χ1n) is 10.6. The van der Waals surface area contributed by atoms with Crippen molar-refractivity contribution in [1.29, 1.82) is 0 Å². The van der Waals surface area contributed by atoms with Gasteiger partial charge in [0, 0.05) is 24.3 Å². The summed E-state index contributed by atoms with van der Waals surface area (Å²) in [5.41, 5.74) is 1.76. The number of nitrogens with zero attached hydrogens (tertiary/aromatic N) is 3. The number of carbonyl (C=O) groups is 1. The van der Waals surface area contributed by atoms with Crippen LogP contribution in [0.2, 0.25) is 0 Å². The van der Waals surface area contributed by atoms with Gasteiger partial charge in [0.1, 0.15) is 17.0 Å². The van der Waals surface area contributed by atoms with Gasteiger partial charge < -0.3 is 19.7 Å². The Morgan fingerprint density at radius 2 is 2.10 bits per heavy atom. The molecule has 0 amide bonds. The maximum Gasteiger partial charge on any atom is 0.325 e. The highest BCUT2D eigenvalue weighted by Gasteiger charge is 2.30. The molecule has 8 nitrogen and oxygen atoms in total. The Kier molecular flexibility index (Phi) is 5.93. The minimum Gasteiger partial charge on any atom is -0.468 e. The molecule has 1 fully saturated rings. The number of aromatic nitrogens is 3. The van der Waals surface area contributed by atoms with Crippen LogP contribution in [-0.4, -0.2) is 57.9 Å². The fraction of sp³-hybridized carbons (Fsp3) is 0.435. The molecule has 1 aromatic carbocycles. The van der Waals surface area contributed by atoms with Crippen LogP contribution in [-0.2, 0) is 16.1 Å². The predicted molar refractivity (Wildman–Crippen MR) is 120 cm³/mol. The monoisotopic (exact) mass is 423 g/mol. The molecule has 1 aliphatic heterocycles. The molecule has 0 radical (unpaired) electrons. The van der Waals surface area contributed by atoms with Crippen molar-refractivity contribution in [2.45, 2.75) is 44.8 Å². The molecule has 1 saturated heterocycles. The minimum absolute atomic E-state index is 0.0523. The number of aliphatic hydroxyl groups excluding tert-OH is 1. The van der Waals surface area contributed by atoms with Crippen molar-refractivity contribution in [1.82, 2.24) is 20.3 Å². The molecule has 1 atom stereocenters. The van der Waals surface area contributed by atoms with Crippen molar-refractivity contribution in [3.63, 3.8) is 0 Å². The van der Waals surface area contributed by atoms with Crippen LogP contribution >= 0.6 is 0 Å². The van der Waals surface area contributed by atoms with E-state index in [1.54, 1.807) is 13.8 Å². The standard InChI is InChI=1S/C23H29N5O3/c1-23(2,22(30)31-3)24-13-16-12-18-20(25-16)26-19(15-8-5-4-6-9-15)27-21(18)28-11-7-10-17(28)14-29/h4-6,8-9,12,17,24,29H,7,10-11,13-14H2,1-3H3,(H,25,26,27)/t17-/m1/s1. The van der Waals surface area contributed by atoms with E-state index < -0.39 is 5.54 Å². The van der Waals surface area contributed by atoms with Crippen molar-refractivity contribution >= 4 is 22.8 Å². The summed E-state index contributed by atoms with van der Waals surface area (Å²) in [7, 11) is 1.38. The molecular formula is C23H29N5O3. The molecule has 164 valence electrons.